The molecule has 6 heteroatoms. The molecule has 0 saturated carbocycles. The van der Waals surface area contributed by atoms with Crippen molar-refractivity contribution in [2.45, 2.75) is 13.0 Å². The van der Waals surface area contributed by atoms with Crippen molar-refractivity contribution in [3.05, 3.63) is 65.2 Å². The summed E-state index contributed by atoms with van der Waals surface area (Å²) >= 11 is 0. The lowest BCUT2D eigenvalue weighted by atomic mass is 10.1. The van der Waals surface area contributed by atoms with Gasteiger partial charge in [0.25, 0.3) is 0 Å². The lowest BCUT2D eigenvalue weighted by Gasteiger charge is -2.05. The smallest absolute Gasteiger partial charge is 0.407 e. The lowest BCUT2D eigenvalue weighted by Crippen LogP contribution is -2.24. The number of amides is 1. The standard InChI is InChI=1S/C19H18N2O4/c20-16-11-6-10-15(17(16)18(22)23)9-4-5-12-21-19(24)25-13-14-7-2-1-3-8-14/h1-3,6-8,10-11H,5,12-13,20H2,(H,21,24)(H,22,23). The highest BCUT2D eigenvalue weighted by atomic mass is 16.5. The van der Waals surface area contributed by atoms with Crippen LogP contribution in [0.15, 0.2) is 48.5 Å². The second-order valence-electron chi connectivity index (χ2n) is 5.12. The number of anilines is 1. The maximum Gasteiger partial charge on any atom is 0.407 e. The van der Waals surface area contributed by atoms with Crippen LogP contribution in [0.3, 0.4) is 0 Å². The van der Waals surface area contributed by atoms with Gasteiger partial charge in [-0.25, -0.2) is 9.59 Å². The number of nitrogen functional groups attached to an aromatic ring is 1. The van der Waals surface area contributed by atoms with E-state index in [1.54, 1.807) is 12.1 Å². The predicted molar refractivity (Wildman–Crippen MR) is 93.9 cm³/mol. The first-order valence-corrected chi connectivity index (χ1v) is 7.63. The largest absolute Gasteiger partial charge is 0.478 e. The monoisotopic (exact) mass is 338 g/mol. The highest BCUT2D eigenvalue weighted by molar-refractivity contribution is 5.96. The summed E-state index contributed by atoms with van der Waals surface area (Å²) in [6, 6.07) is 14.1. The second kappa shape index (κ2) is 8.99. The van der Waals surface area contributed by atoms with E-state index in [1.165, 1.54) is 6.07 Å². The highest BCUT2D eigenvalue weighted by Crippen LogP contribution is 2.16. The third kappa shape index (κ3) is 5.59. The Morgan fingerprint density at radius 1 is 1.12 bits per heavy atom. The molecule has 6 nitrogen and oxygen atoms in total. The average molecular weight is 338 g/mol. The molecule has 2 aromatic carbocycles. The van der Waals surface area contributed by atoms with Gasteiger partial charge < -0.3 is 20.9 Å². The van der Waals surface area contributed by atoms with Crippen molar-refractivity contribution in [2.75, 3.05) is 12.3 Å². The van der Waals surface area contributed by atoms with Gasteiger partial charge in [-0.2, -0.15) is 0 Å². The Hall–Kier alpha value is -3.46. The number of aromatic carboxylic acids is 1. The van der Waals surface area contributed by atoms with Crippen molar-refractivity contribution >= 4 is 17.7 Å². The summed E-state index contributed by atoms with van der Waals surface area (Å²) in [6.07, 6.45) is -0.172. The van der Waals surface area contributed by atoms with E-state index in [4.69, 9.17) is 15.6 Å². The summed E-state index contributed by atoms with van der Waals surface area (Å²) < 4.78 is 5.07. The fraction of sp³-hybridized carbons (Fsp3) is 0.158. The van der Waals surface area contributed by atoms with Crippen LogP contribution in [-0.4, -0.2) is 23.7 Å². The minimum atomic E-state index is -1.12. The fourth-order valence-corrected chi connectivity index (χ4v) is 2.07. The van der Waals surface area contributed by atoms with Crippen molar-refractivity contribution in [1.29, 1.82) is 0 Å². The molecule has 0 radical (unpaired) electrons. The third-order valence-corrected chi connectivity index (χ3v) is 3.27. The number of benzene rings is 2. The van der Waals surface area contributed by atoms with Gasteiger partial charge in [0, 0.05) is 24.2 Å². The van der Waals surface area contributed by atoms with E-state index < -0.39 is 12.1 Å². The Balaban J connectivity index is 1.79. The summed E-state index contributed by atoms with van der Waals surface area (Å²) in [5.74, 6) is 4.46. The number of hydrogen-bond acceptors (Lipinski definition) is 4. The van der Waals surface area contributed by atoms with E-state index in [9.17, 15) is 9.59 Å². The topological polar surface area (TPSA) is 102 Å². The first-order chi connectivity index (χ1) is 12.1. The van der Waals surface area contributed by atoms with Crippen LogP contribution in [0.5, 0.6) is 0 Å². The number of nitrogens with one attached hydrogen (secondary N) is 1. The quantitative estimate of drug-likeness (QED) is 0.442. The molecular formula is C19H18N2O4. The van der Waals surface area contributed by atoms with Crippen LogP contribution in [0.2, 0.25) is 0 Å². The van der Waals surface area contributed by atoms with Gasteiger partial charge >= 0.3 is 12.1 Å². The number of carbonyl (C=O) groups is 2. The molecule has 0 spiro atoms. The maximum atomic E-state index is 11.6. The lowest BCUT2D eigenvalue weighted by molar-refractivity contribution is 0.0697. The summed E-state index contributed by atoms with van der Waals surface area (Å²) in [7, 11) is 0. The van der Waals surface area contributed by atoms with E-state index in [1.807, 2.05) is 30.3 Å². The Labute approximate surface area is 145 Å². The van der Waals surface area contributed by atoms with Crippen LogP contribution in [0, 0.1) is 11.8 Å². The molecule has 0 aliphatic heterocycles. The fourth-order valence-electron chi connectivity index (χ4n) is 2.07. The first-order valence-electron chi connectivity index (χ1n) is 7.63. The molecule has 0 heterocycles. The minimum absolute atomic E-state index is 0.00905. The normalized spacial score (nSPS) is 9.60. The van der Waals surface area contributed by atoms with Gasteiger partial charge in [-0.1, -0.05) is 48.2 Å². The third-order valence-electron chi connectivity index (χ3n) is 3.27. The molecule has 0 fully saturated rings. The summed E-state index contributed by atoms with van der Waals surface area (Å²) in [4.78, 5) is 22.8. The number of hydrogen-bond donors (Lipinski definition) is 3. The number of carboxylic acids is 1. The molecule has 25 heavy (non-hydrogen) atoms. The Kier molecular flexibility index (Phi) is 6.43. The number of rotatable bonds is 5. The molecule has 0 unspecified atom stereocenters. The zero-order valence-electron chi connectivity index (χ0n) is 13.5. The molecule has 4 N–H and O–H groups in total. The SMILES string of the molecule is Nc1cccc(C#CCCNC(=O)OCc2ccccc2)c1C(=O)O. The van der Waals surface area contributed by atoms with Crippen LogP contribution >= 0.6 is 0 Å². The number of carbonyl (C=O) groups excluding carboxylic acids is 1. The Morgan fingerprint density at radius 2 is 1.88 bits per heavy atom. The molecule has 1 amide bonds. The van der Waals surface area contributed by atoms with Gasteiger partial charge in [-0.3, -0.25) is 0 Å². The van der Waals surface area contributed by atoms with Crippen LogP contribution in [0.4, 0.5) is 10.5 Å². The molecular weight excluding hydrogens is 320 g/mol. The van der Waals surface area contributed by atoms with E-state index in [0.29, 0.717) is 18.5 Å². The molecule has 0 aromatic heterocycles. The van der Waals surface area contributed by atoms with Crippen molar-refractivity contribution in [1.82, 2.24) is 5.32 Å². The Morgan fingerprint density at radius 3 is 2.60 bits per heavy atom. The van der Waals surface area contributed by atoms with Crippen molar-refractivity contribution in [3.63, 3.8) is 0 Å². The van der Waals surface area contributed by atoms with Gasteiger partial charge in [-0.15, -0.1) is 0 Å². The second-order valence-corrected chi connectivity index (χ2v) is 5.12. The maximum absolute atomic E-state index is 11.6. The molecule has 0 bridgehead atoms. The van der Waals surface area contributed by atoms with E-state index in [2.05, 4.69) is 17.2 Å². The first kappa shape index (κ1) is 17.9. The highest BCUT2D eigenvalue weighted by Gasteiger charge is 2.11. The van der Waals surface area contributed by atoms with Crippen LogP contribution in [0.1, 0.15) is 27.9 Å². The molecule has 2 rings (SSSR count). The molecule has 0 aliphatic carbocycles. The zero-order valence-corrected chi connectivity index (χ0v) is 13.5. The van der Waals surface area contributed by atoms with Crippen LogP contribution in [0.25, 0.3) is 0 Å². The van der Waals surface area contributed by atoms with E-state index in [0.717, 1.165) is 5.56 Å². The van der Waals surface area contributed by atoms with Gasteiger partial charge in [0.1, 0.15) is 6.61 Å². The minimum Gasteiger partial charge on any atom is -0.478 e. The van der Waals surface area contributed by atoms with E-state index >= 15 is 0 Å². The van der Waals surface area contributed by atoms with E-state index in [-0.39, 0.29) is 17.9 Å². The van der Waals surface area contributed by atoms with Crippen LogP contribution < -0.4 is 11.1 Å². The average Bonchev–Trinajstić information content (AvgIpc) is 2.60. The van der Waals surface area contributed by atoms with Gasteiger partial charge in [0.2, 0.25) is 0 Å². The molecule has 128 valence electrons. The van der Waals surface area contributed by atoms with Gasteiger partial charge in [-0.05, 0) is 17.7 Å². The molecule has 0 atom stereocenters. The summed E-state index contributed by atoms with van der Waals surface area (Å²) in [5.41, 5.74) is 7.06. The molecule has 0 aliphatic rings. The Bertz CT molecular complexity index is 807. The van der Waals surface area contributed by atoms with Gasteiger partial charge in [0.15, 0.2) is 0 Å². The van der Waals surface area contributed by atoms with Crippen molar-refractivity contribution < 1.29 is 19.4 Å². The molecule has 2 aromatic rings. The number of nitrogens with two attached hydrogens (primary N) is 1. The van der Waals surface area contributed by atoms with Crippen molar-refractivity contribution in [3.8, 4) is 11.8 Å². The summed E-state index contributed by atoms with van der Waals surface area (Å²) in [6.45, 7) is 0.495. The number of carboxylic acid groups (broad SMARTS) is 1. The number of ether oxygens (including phenoxy) is 1. The van der Waals surface area contributed by atoms with Crippen molar-refractivity contribution in [2.24, 2.45) is 0 Å². The van der Waals surface area contributed by atoms with Crippen LogP contribution in [-0.2, 0) is 11.3 Å². The number of alkyl carbamates (subject to hydrolysis) is 1. The molecule has 0 saturated heterocycles. The zero-order chi connectivity index (χ0) is 18.1. The predicted octanol–water partition coefficient (Wildman–Crippen LogP) is 2.64. The summed E-state index contributed by atoms with van der Waals surface area (Å²) in [5, 5.41) is 11.7. The van der Waals surface area contributed by atoms with Gasteiger partial charge in [0.05, 0.1) is 5.56 Å².